The summed E-state index contributed by atoms with van der Waals surface area (Å²) in [7, 11) is 1.39. The van der Waals surface area contributed by atoms with Gasteiger partial charge >= 0.3 is 5.69 Å². The van der Waals surface area contributed by atoms with Gasteiger partial charge in [-0.1, -0.05) is 6.58 Å². The van der Waals surface area contributed by atoms with E-state index in [0.717, 1.165) is 5.56 Å². The van der Waals surface area contributed by atoms with E-state index in [-0.39, 0.29) is 11.4 Å². The molecule has 1 aromatic carbocycles. The van der Waals surface area contributed by atoms with Crippen LogP contribution >= 0.6 is 0 Å². The van der Waals surface area contributed by atoms with E-state index in [4.69, 9.17) is 10.5 Å². The highest BCUT2D eigenvalue weighted by Crippen LogP contribution is 2.29. The van der Waals surface area contributed by atoms with E-state index >= 15 is 0 Å². The van der Waals surface area contributed by atoms with Crippen LogP contribution in [0.5, 0.6) is 5.75 Å². The number of rotatable bonds is 4. The second kappa shape index (κ2) is 4.56. The van der Waals surface area contributed by atoms with Crippen molar-refractivity contribution < 1.29 is 9.66 Å². The summed E-state index contributed by atoms with van der Waals surface area (Å²) in [6.07, 6.45) is 0. The van der Waals surface area contributed by atoms with E-state index in [1.165, 1.54) is 13.2 Å². The molecule has 0 unspecified atom stereocenters. The van der Waals surface area contributed by atoms with Crippen LogP contribution in [0.4, 0.5) is 5.69 Å². The van der Waals surface area contributed by atoms with E-state index in [9.17, 15) is 10.1 Å². The van der Waals surface area contributed by atoms with Gasteiger partial charge in [-0.15, -0.1) is 0 Å². The first-order valence-electron chi connectivity index (χ1n) is 4.30. The number of nitro groups is 1. The van der Waals surface area contributed by atoms with E-state index in [2.05, 4.69) is 6.58 Å². The molecule has 5 heteroatoms. The summed E-state index contributed by atoms with van der Waals surface area (Å²) >= 11 is 0. The highest BCUT2D eigenvalue weighted by Gasteiger charge is 2.14. The van der Waals surface area contributed by atoms with E-state index in [1.54, 1.807) is 12.1 Å². The van der Waals surface area contributed by atoms with Gasteiger partial charge in [0.15, 0.2) is 5.75 Å². The lowest BCUT2D eigenvalue weighted by molar-refractivity contribution is -0.385. The zero-order valence-corrected chi connectivity index (χ0v) is 8.40. The van der Waals surface area contributed by atoms with Crippen LogP contribution in [-0.4, -0.2) is 18.6 Å². The Balaban J connectivity index is 3.19. The van der Waals surface area contributed by atoms with Gasteiger partial charge in [0, 0.05) is 12.6 Å². The summed E-state index contributed by atoms with van der Waals surface area (Å²) in [5, 5.41) is 10.6. The normalized spacial score (nSPS) is 9.73. The minimum Gasteiger partial charge on any atom is -0.490 e. The molecule has 80 valence electrons. The molecule has 0 atom stereocenters. The number of hydrogen-bond acceptors (Lipinski definition) is 4. The minimum atomic E-state index is -0.492. The molecule has 0 saturated carbocycles. The van der Waals surface area contributed by atoms with Crippen molar-refractivity contribution in [3.63, 3.8) is 0 Å². The van der Waals surface area contributed by atoms with Crippen LogP contribution in [0.3, 0.4) is 0 Å². The number of nitrogens with zero attached hydrogens (tertiary/aromatic N) is 1. The third kappa shape index (κ3) is 2.32. The summed E-state index contributed by atoms with van der Waals surface area (Å²) < 4.78 is 4.92. The largest absolute Gasteiger partial charge is 0.490 e. The summed E-state index contributed by atoms with van der Waals surface area (Å²) in [6, 6.07) is 4.55. The number of methoxy groups -OCH3 is 1. The number of benzene rings is 1. The third-order valence-electron chi connectivity index (χ3n) is 2.03. The summed E-state index contributed by atoms with van der Waals surface area (Å²) in [6.45, 7) is 4.05. The van der Waals surface area contributed by atoms with Gasteiger partial charge in [-0.25, -0.2) is 0 Å². The molecule has 1 rings (SSSR count). The number of hydrogen-bond donors (Lipinski definition) is 1. The topological polar surface area (TPSA) is 78.4 Å². The lowest BCUT2D eigenvalue weighted by Crippen LogP contribution is -2.02. The highest BCUT2D eigenvalue weighted by molar-refractivity contribution is 5.68. The molecule has 0 aliphatic heterocycles. The van der Waals surface area contributed by atoms with Gasteiger partial charge in [-0.3, -0.25) is 10.1 Å². The third-order valence-corrected chi connectivity index (χ3v) is 2.03. The van der Waals surface area contributed by atoms with Crippen LogP contribution in [0.2, 0.25) is 0 Å². The smallest absolute Gasteiger partial charge is 0.310 e. The maximum absolute atomic E-state index is 10.6. The Kier molecular flexibility index (Phi) is 3.41. The predicted molar refractivity (Wildman–Crippen MR) is 57.7 cm³/mol. The zero-order chi connectivity index (χ0) is 11.4. The monoisotopic (exact) mass is 208 g/mol. The van der Waals surface area contributed by atoms with Gasteiger partial charge in [-0.05, 0) is 23.3 Å². The molecule has 0 heterocycles. The molecule has 5 nitrogen and oxygen atoms in total. The molecule has 0 aromatic heterocycles. The van der Waals surface area contributed by atoms with E-state index < -0.39 is 4.92 Å². The standard InChI is InChI=1S/C10H12N2O3/c1-7(6-11)8-3-4-9(12(13)14)10(5-8)15-2/h3-5H,1,6,11H2,2H3. The molecule has 0 saturated heterocycles. The van der Waals surface area contributed by atoms with Gasteiger partial charge in [0.1, 0.15) is 0 Å². The van der Waals surface area contributed by atoms with Crippen molar-refractivity contribution in [3.8, 4) is 5.75 Å². The first kappa shape index (κ1) is 11.2. The first-order valence-corrected chi connectivity index (χ1v) is 4.30. The molecule has 15 heavy (non-hydrogen) atoms. The van der Waals surface area contributed by atoms with Crippen molar-refractivity contribution in [2.24, 2.45) is 5.73 Å². The average molecular weight is 208 g/mol. The lowest BCUT2D eigenvalue weighted by atomic mass is 10.1. The van der Waals surface area contributed by atoms with Crippen LogP contribution in [0.25, 0.3) is 5.57 Å². The van der Waals surface area contributed by atoms with E-state index in [1.807, 2.05) is 0 Å². The molecule has 0 spiro atoms. The number of ether oxygens (including phenoxy) is 1. The van der Waals surface area contributed by atoms with Crippen molar-refractivity contribution in [2.75, 3.05) is 13.7 Å². The van der Waals surface area contributed by atoms with Crippen molar-refractivity contribution in [1.29, 1.82) is 0 Å². The van der Waals surface area contributed by atoms with Crippen molar-refractivity contribution in [1.82, 2.24) is 0 Å². The molecule has 0 radical (unpaired) electrons. The first-order chi connectivity index (χ1) is 7.10. The Bertz CT molecular complexity index is 402. The number of nitrogens with two attached hydrogens (primary N) is 1. The maximum Gasteiger partial charge on any atom is 0.310 e. The Morgan fingerprint density at radius 3 is 2.80 bits per heavy atom. The van der Waals surface area contributed by atoms with Crippen LogP contribution in [0.1, 0.15) is 5.56 Å². The van der Waals surface area contributed by atoms with Gasteiger partial charge in [0.05, 0.1) is 12.0 Å². The van der Waals surface area contributed by atoms with E-state index in [0.29, 0.717) is 12.1 Å². The molecule has 0 aliphatic rings. The summed E-state index contributed by atoms with van der Waals surface area (Å²) in [4.78, 5) is 10.1. The maximum atomic E-state index is 10.6. The van der Waals surface area contributed by atoms with Crippen molar-refractivity contribution in [2.45, 2.75) is 0 Å². The van der Waals surface area contributed by atoms with Crippen LogP contribution in [0, 0.1) is 10.1 Å². The van der Waals surface area contributed by atoms with Crippen molar-refractivity contribution >= 4 is 11.3 Å². The molecular weight excluding hydrogens is 196 g/mol. The molecule has 2 N–H and O–H groups in total. The Morgan fingerprint density at radius 1 is 1.67 bits per heavy atom. The summed E-state index contributed by atoms with van der Waals surface area (Å²) in [5.74, 6) is 0.215. The fraction of sp³-hybridized carbons (Fsp3) is 0.200. The molecular formula is C10H12N2O3. The summed E-state index contributed by atoms with van der Waals surface area (Å²) in [5.41, 5.74) is 6.82. The average Bonchev–Trinajstić information content (AvgIpc) is 2.26. The Morgan fingerprint density at radius 2 is 2.33 bits per heavy atom. The fourth-order valence-corrected chi connectivity index (χ4v) is 1.17. The fourth-order valence-electron chi connectivity index (χ4n) is 1.17. The lowest BCUT2D eigenvalue weighted by Gasteiger charge is -2.06. The Labute approximate surface area is 87.3 Å². The van der Waals surface area contributed by atoms with Crippen LogP contribution in [0.15, 0.2) is 24.8 Å². The SMILES string of the molecule is C=C(CN)c1ccc([N+](=O)[O-])c(OC)c1. The highest BCUT2D eigenvalue weighted by atomic mass is 16.6. The quantitative estimate of drug-likeness (QED) is 0.601. The number of nitro benzene ring substituents is 1. The Hall–Kier alpha value is -1.88. The van der Waals surface area contributed by atoms with Gasteiger partial charge < -0.3 is 10.5 Å². The predicted octanol–water partition coefficient (Wildman–Crippen LogP) is 1.58. The van der Waals surface area contributed by atoms with Crippen LogP contribution in [-0.2, 0) is 0 Å². The minimum absolute atomic E-state index is 0.0638. The second-order valence-corrected chi connectivity index (χ2v) is 2.95. The molecule has 0 bridgehead atoms. The molecule has 0 aliphatic carbocycles. The second-order valence-electron chi connectivity index (χ2n) is 2.95. The molecule has 0 amide bonds. The van der Waals surface area contributed by atoms with Gasteiger partial charge in [-0.2, -0.15) is 0 Å². The zero-order valence-electron chi connectivity index (χ0n) is 8.40. The molecule has 1 aromatic rings. The molecule has 0 fully saturated rings. The van der Waals surface area contributed by atoms with Crippen LogP contribution < -0.4 is 10.5 Å². The van der Waals surface area contributed by atoms with Gasteiger partial charge in [0.2, 0.25) is 0 Å². The van der Waals surface area contributed by atoms with Crippen molar-refractivity contribution in [3.05, 3.63) is 40.5 Å². The van der Waals surface area contributed by atoms with Gasteiger partial charge in [0.25, 0.3) is 0 Å².